The van der Waals surface area contributed by atoms with Gasteiger partial charge in [-0.05, 0) is 0 Å². The molecule has 0 fully saturated rings. The summed E-state index contributed by atoms with van der Waals surface area (Å²) in [5.41, 5.74) is 0.919. The van der Waals surface area contributed by atoms with Crippen LogP contribution in [-0.2, 0) is 25.6 Å². The van der Waals surface area contributed by atoms with Gasteiger partial charge in [-0.15, -0.1) is 0 Å². The molecule has 1 aromatic rings. The number of hydrogen-bond acceptors (Lipinski definition) is 5. The average Bonchev–Trinajstić information content (AvgIpc) is 2.52. The van der Waals surface area contributed by atoms with Crippen LogP contribution in [0.2, 0.25) is 0 Å². The number of amides is 1. The van der Waals surface area contributed by atoms with Gasteiger partial charge in [-0.25, -0.2) is 0 Å². The summed E-state index contributed by atoms with van der Waals surface area (Å²) in [7, 11) is 0.691. The topological polar surface area (TPSA) is 75.7 Å². The zero-order chi connectivity index (χ0) is 16.4. The number of nitrogens with one attached hydrogen (secondary N) is 1. The van der Waals surface area contributed by atoms with Gasteiger partial charge in [-0.3, -0.25) is 0 Å². The molecule has 0 saturated carbocycles. The van der Waals surface area contributed by atoms with Crippen LogP contribution >= 0.6 is 0 Å². The fourth-order valence-electron chi connectivity index (χ4n) is 1.96. The summed E-state index contributed by atoms with van der Waals surface area (Å²) in [5.74, 6) is -0.701. The Hall–Kier alpha value is -2.02. The quantitative estimate of drug-likeness (QED) is 0.533. The molecule has 0 aromatic heterocycles. The molecule has 1 aromatic carbocycles. The number of ether oxygens (including phenoxy) is 1. The molecule has 6 nitrogen and oxygen atoms in total. The first-order chi connectivity index (χ1) is 10.6. The Labute approximate surface area is 131 Å². The van der Waals surface area contributed by atoms with Gasteiger partial charge in [0.05, 0.1) is 0 Å². The van der Waals surface area contributed by atoms with E-state index in [4.69, 9.17) is 4.74 Å². The second-order valence-electron chi connectivity index (χ2n) is 4.78. The summed E-state index contributed by atoms with van der Waals surface area (Å²) in [4.78, 5) is 25.6. The molecule has 0 unspecified atom stereocenters. The Kier molecular flexibility index (Phi) is 8.06. The average molecular weight is 304 g/mol. The van der Waals surface area contributed by atoms with Gasteiger partial charge in [0, 0.05) is 0 Å². The standard InChI is InChI=1S/C15H21BN2O4/c1-3-22-14(19)10-18(9-13-7-5-4-6-8-13)15(20)12(2)17-11-16-21/h4-8,12,17H,3,9-11H2,1-2H3/t12-/m0/s1. The van der Waals surface area contributed by atoms with Gasteiger partial charge in [0.1, 0.15) is 0 Å². The van der Waals surface area contributed by atoms with Crippen LogP contribution in [0, 0.1) is 0 Å². The van der Waals surface area contributed by atoms with Gasteiger partial charge in [0.15, 0.2) is 0 Å². The van der Waals surface area contributed by atoms with Crippen LogP contribution in [-0.4, -0.2) is 49.6 Å². The van der Waals surface area contributed by atoms with Crippen LogP contribution in [0.3, 0.4) is 0 Å². The van der Waals surface area contributed by atoms with E-state index in [1.54, 1.807) is 13.8 Å². The van der Waals surface area contributed by atoms with Gasteiger partial charge in [-0.1, -0.05) is 0 Å². The zero-order valence-corrected chi connectivity index (χ0v) is 13.0. The Balaban J connectivity index is 2.78. The summed E-state index contributed by atoms with van der Waals surface area (Å²) in [6.07, 6.45) is 0.0888. The molecule has 22 heavy (non-hydrogen) atoms. The molecule has 0 spiro atoms. The van der Waals surface area contributed by atoms with Crippen molar-refractivity contribution in [3.8, 4) is 0 Å². The first-order valence-corrected chi connectivity index (χ1v) is 7.23. The van der Waals surface area contributed by atoms with E-state index in [9.17, 15) is 14.3 Å². The van der Waals surface area contributed by atoms with Crippen LogP contribution < -0.4 is 5.32 Å². The molecule has 1 rings (SSSR count). The molecule has 0 aliphatic heterocycles. The van der Waals surface area contributed by atoms with Crippen LogP contribution in [0.15, 0.2) is 30.3 Å². The molecule has 0 radical (unpaired) electrons. The van der Waals surface area contributed by atoms with Crippen molar-refractivity contribution in [1.29, 1.82) is 0 Å². The fraction of sp³-hybridized carbons (Fsp3) is 0.467. The van der Waals surface area contributed by atoms with E-state index in [-0.39, 0.29) is 25.5 Å². The second kappa shape index (κ2) is 9.84. The van der Waals surface area contributed by atoms with Crippen LogP contribution in [0.4, 0.5) is 0 Å². The van der Waals surface area contributed by atoms with Crippen molar-refractivity contribution in [2.75, 3.05) is 19.6 Å². The van der Waals surface area contributed by atoms with Crippen LogP contribution in [0.1, 0.15) is 19.4 Å². The van der Waals surface area contributed by atoms with Crippen molar-refractivity contribution < 1.29 is 19.0 Å². The number of carbonyl (C=O) groups excluding carboxylic acids is 2. The van der Waals surface area contributed by atoms with Crippen molar-refractivity contribution in [2.45, 2.75) is 26.4 Å². The number of esters is 1. The summed E-state index contributed by atoms with van der Waals surface area (Å²) < 4.78 is 15.3. The maximum atomic E-state index is 12.4. The first kappa shape index (κ1) is 18.0. The number of benzene rings is 1. The van der Waals surface area contributed by atoms with Crippen molar-refractivity contribution in [1.82, 2.24) is 10.2 Å². The molecule has 0 bridgehead atoms. The van der Waals surface area contributed by atoms with E-state index in [0.717, 1.165) is 5.56 Å². The van der Waals surface area contributed by atoms with E-state index in [0.29, 0.717) is 13.7 Å². The Morgan fingerprint density at radius 1 is 1.32 bits per heavy atom. The summed E-state index contributed by atoms with van der Waals surface area (Å²) in [6.45, 7) is 3.84. The molecule has 0 heterocycles. The molecular weight excluding hydrogens is 283 g/mol. The second-order valence-corrected chi connectivity index (χ2v) is 4.78. The van der Waals surface area contributed by atoms with Gasteiger partial charge in [-0.2, -0.15) is 0 Å². The third-order valence-electron chi connectivity index (χ3n) is 3.03. The molecule has 0 aliphatic rings. The van der Waals surface area contributed by atoms with Crippen LogP contribution in [0.5, 0.6) is 0 Å². The van der Waals surface area contributed by atoms with Crippen molar-refractivity contribution in [2.24, 2.45) is 0 Å². The number of nitrogens with zero attached hydrogens (tertiary/aromatic N) is 1. The fourth-order valence-corrected chi connectivity index (χ4v) is 1.96. The minimum absolute atomic E-state index is 0.0888. The van der Waals surface area contributed by atoms with Gasteiger partial charge in [0.25, 0.3) is 0 Å². The van der Waals surface area contributed by atoms with Gasteiger partial charge < -0.3 is 0 Å². The normalized spacial score (nSPS) is 11.4. The Bertz CT molecular complexity index is 496. The molecule has 0 saturated heterocycles. The zero-order valence-electron chi connectivity index (χ0n) is 13.0. The van der Waals surface area contributed by atoms with E-state index >= 15 is 0 Å². The molecule has 1 N–H and O–H groups in total. The minimum atomic E-state index is -0.552. The number of rotatable bonds is 9. The molecule has 0 aliphatic carbocycles. The molecular formula is C15H21BN2O4. The van der Waals surface area contributed by atoms with Gasteiger partial charge in [0.2, 0.25) is 0 Å². The summed E-state index contributed by atoms with van der Waals surface area (Å²) >= 11 is 0. The van der Waals surface area contributed by atoms with Crippen molar-refractivity contribution >= 4 is 19.0 Å². The molecule has 118 valence electrons. The first-order valence-electron chi connectivity index (χ1n) is 7.23. The Morgan fingerprint density at radius 2 is 2.00 bits per heavy atom. The molecule has 1 amide bonds. The SMILES string of the molecule is CCOC(=O)CN(Cc1ccccc1)C(=O)[C@H](C)NCB=O. The Morgan fingerprint density at radius 3 is 2.59 bits per heavy atom. The van der Waals surface area contributed by atoms with E-state index in [2.05, 4.69) is 5.32 Å². The predicted molar refractivity (Wildman–Crippen MR) is 82.4 cm³/mol. The van der Waals surface area contributed by atoms with Crippen molar-refractivity contribution in [3.63, 3.8) is 0 Å². The van der Waals surface area contributed by atoms with E-state index in [1.165, 1.54) is 4.90 Å². The molecule has 1 atom stereocenters. The number of carbonyl (C=O) groups is 2. The molecule has 7 heteroatoms. The summed E-state index contributed by atoms with van der Waals surface area (Å²) in [6, 6.07) is 8.84. The predicted octanol–water partition coefficient (Wildman–Crippen LogP) is 0.564. The monoisotopic (exact) mass is 304 g/mol. The van der Waals surface area contributed by atoms with Gasteiger partial charge >= 0.3 is 130 Å². The number of hydrogen-bond donors (Lipinski definition) is 1. The van der Waals surface area contributed by atoms with Crippen molar-refractivity contribution in [3.05, 3.63) is 35.9 Å². The van der Waals surface area contributed by atoms with E-state index in [1.807, 2.05) is 30.3 Å². The third kappa shape index (κ3) is 6.18. The van der Waals surface area contributed by atoms with E-state index < -0.39 is 12.0 Å². The van der Waals surface area contributed by atoms with Crippen LogP contribution in [0.25, 0.3) is 0 Å². The maximum absolute atomic E-state index is 12.4. The third-order valence-corrected chi connectivity index (χ3v) is 3.03. The summed E-state index contributed by atoms with van der Waals surface area (Å²) in [5, 5.41) is 2.79.